The lowest BCUT2D eigenvalue weighted by molar-refractivity contribution is -0.139. The summed E-state index contributed by atoms with van der Waals surface area (Å²) in [6.07, 6.45) is 0. The first-order chi connectivity index (χ1) is 15.0. The van der Waals surface area contributed by atoms with Crippen molar-refractivity contribution in [1.82, 2.24) is 15.6 Å². The van der Waals surface area contributed by atoms with E-state index in [0.717, 1.165) is 10.9 Å². The van der Waals surface area contributed by atoms with Gasteiger partial charge >= 0.3 is 18.0 Å². The summed E-state index contributed by atoms with van der Waals surface area (Å²) >= 11 is 0. The number of carbonyl (C=O) groups is 3. The van der Waals surface area contributed by atoms with Crippen LogP contribution < -0.4 is 10.6 Å². The van der Waals surface area contributed by atoms with Crippen LogP contribution in [0.15, 0.2) is 58.2 Å². The number of hydrogen-bond donors (Lipinski definition) is 3. The van der Waals surface area contributed by atoms with Crippen molar-refractivity contribution in [2.75, 3.05) is 13.2 Å². The lowest BCUT2D eigenvalue weighted by Crippen LogP contribution is -2.47. The second-order valence-electron chi connectivity index (χ2n) is 6.94. The summed E-state index contributed by atoms with van der Waals surface area (Å²) in [7, 11) is 0. The number of para-hydroxylation sites is 1. The Morgan fingerprint density at radius 1 is 1.10 bits per heavy atom. The maximum atomic E-state index is 12.7. The van der Waals surface area contributed by atoms with Crippen LogP contribution in [0.4, 0.5) is 4.79 Å². The number of esters is 2. The minimum atomic E-state index is -0.872. The highest BCUT2D eigenvalue weighted by atomic mass is 16.5. The molecule has 1 aromatic carbocycles. The SMILES string of the molecule is CCOC(=O)C1=C(COC(=O)c2cc3ccccc3[nH]2)NC(=O)N[C@H]1c1ccc(C)o1. The number of fused-ring (bicyclic) bond motifs is 1. The first kappa shape index (κ1) is 20.3. The number of hydrogen-bond acceptors (Lipinski definition) is 6. The highest BCUT2D eigenvalue weighted by Crippen LogP contribution is 2.29. The van der Waals surface area contributed by atoms with E-state index in [-0.39, 0.29) is 30.2 Å². The van der Waals surface area contributed by atoms with Crippen molar-refractivity contribution in [3.63, 3.8) is 0 Å². The number of amides is 2. The normalized spacial score (nSPS) is 16.1. The van der Waals surface area contributed by atoms with Crippen molar-refractivity contribution >= 4 is 28.9 Å². The molecule has 160 valence electrons. The van der Waals surface area contributed by atoms with Gasteiger partial charge in [0.1, 0.15) is 29.9 Å². The Bertz CT molecular complexity index is 1160. The van der Waals surface area contributed by atoms with Crippen molar-refractivity contribution in [3.05, 3.63) is 70.9 Å². The molecule has 1 aliphatic heterocycles. The molecular weight excluding hydrogens is 402 g/mol. The van der Waals surface area contributed by atoms with Gasteiger partial charge in [0.15, 0.2) is 0 Å². The number of nitrogens with one attached hydrogen (secondary N) is 3. The Balaban J connectivity index is 1.62. The molecular formula is C22H21N3O6. The summed E-state index contributed by atoms with van der Waals surface area (Å²) in [6.45, 7) is 3.24. The summed E-state index contributed by atoms with van der Waals surface area (Å²) in [5, 5.41) is 6.06. The van der Waals surface area contributed by atoms with E-state index in [1.54, 1.807) is 32.0 Å². The van der Waals surface area contributed by atoms with Gasteiger partial charge in [0.25, 0.3) is 0 Å². The van der Waals surface area contributed by atoms with E-state index >= 15 is 0 Å². The maximum absolute atomic E-state index is 12.7. The largest absolute Gasteiger partial charge is 0.464 e. The average molecular weight is 423 g/mol. The van der Waals surface area contributed by atoms with Gasteiger partial charge in [-0.1, -0.05) is 18.2 Å². The smallest absolute Gasteiger partial charge is 0.355 e. The monoisotopic (exact) mass is 423 g/mol. The number of rotatable bonds is 6. The van der Waals surface area contributed by atoms with Crippen molar-refractivity contribution in [2.24, 2.45) is 0 Å². The summed E-state index contributed by atoms with van der Waals surface area (Å²) in [6, 6.07) is 11.1. The molecule has 9 heteroatoms. The maximum Gasteiger partial charge on any atom is 0.355 e. The number of aromatic nitrogens is 1. The van der Waals surface area contributed by atoms with Gasteiger partial charge in [-0.2, -0.15) is 0 Å². The molecule has 9 nitrogen and oxygen atoms in total. The van der Waals surface area contributed by atoms with Crippen LogP contribution in [-0.2, 0) is 14.3 Å². The molecule has 0 aliphatic carbocycles. The van der Waals surface area contributed by atoms with E-state index < -0.39 is 24.0 Å². The van der Waals surface area contributed by atoms with Crippen LogP contribution in [0.25, 0.3) is 10.9 Å². The lowest BCUT2D eigenvalue weighted by Gasteiger charge is -2.27. The van der Waals surface area contributed by atoms with E-state index in [4.69, 9.17) is 13.9 Å². The molecule has 4 rings (SSSR count). The molecule has 1 atom stereocenters. The van der Waals surface area contributed by atoms with Crippen LogP contribution in [0.2, 0.25) is 0 Å². The molecule has 0 saturated heterocycles. The zero-order valence-corrected chi connectivity index (χ0v) is 17.0. The fourth-order valence-corrected chi connectivity index (χ4v) is 3.40. The van der Waals surface area contributed by atoms with Crippen LogP contribution in [0.5, 0.6) is 0 Å². The van der Waals surface area contributed by atoms with Gasteiger partial charge in [0.2, 0.25) is 0 Å². The molecule has 0 unspecified atom stereocenters. The number of benzene rings is 1. The lowest BCUT2D eigenvalue weighted by atomic mass is 10.0. The third-order valence-electron chi connectivity index (χ3n) is 4.79. The summed E-state index contributed by atoms with van der Waals surface area (Å²) in [5.74, 6) is -0.275. The Morgan fingerprint density at radius 2 is 1.90 bits per heavy atom. The Hall–Kier alpha value is -4.01. The fraction of sp³-hybridized carbons (Fsp3) is 0.227. The van der Waals surface area contributed by atoms with Gasteiger partial charge in [-0.25, -0.2) is 14.4 Å². The van der Waals surface area contributed by atoms with Crippen molar-refractivity contribution in [1.29, 1.82) is 0 Å². The zero-order valence-electron chi connectivity index (χ0n) is 17.0. The number of aromatic amines is 1. The predicted molar refractivity (Wildman–Crippen MR) is 110 cm³/mol. The minimum absolute atomic E-state index is 0.111. The van der Waals surface area contributed by atoms with Crippen LogP contribution >= 0.6 is 0 Å². The van der Waals surface area contributed by atoms with Crippen molar-refractivity contribution in [3.8, 4) is 0 Å². The van der Waals surface area contributed by atoms with Gasteiger partial charge < -0.3 is 29.5 Å². The van der Waals surface area contributed by atoms with Crippen LogP contribution in [0.3, 0.4) is 0 Å². The molecule has 1 aliphatic rings. The molecule has 0 spiro atoms. The summed E-state index contributed by atoms with van der Waals surface area (Å²) < 4.78 is 16.2. The average Bonchev–Trinajstić information content (AvgIpc) is 3.37. The number of H-pyrrole nitrogens is 1. The quantitative estimate of drug-likeness (QED) is 0.524. The van der Waals surface area contributed by atoms with E-state index in [0.29, 0.717) is 11.5 Å². The Kier molecular flexibility index (Phi) is 5.48. The minimum Gasteiger partial charge on any atom is -0.464 e. The van der Waals surface area contributed by atoms with Crippen LogP contribution in [0.1, 0.15) is 35.0 Å². The molecule has 3 N–H and O–H groups in total. The molecule has 2 aromatic heterocycles. The predicted octanol–water partition coefficient (Wildman–Crippen LogP) is 3.10. The Morgan fingerprint density at radius 3 is 2.61 bits per heavy atom. The topological polar surface area (TPSA) is 123 Å². The standard InChI is InChI=1S/C22H21N3O6/c1-3-29-21(27)18-16(24-22(28)25-19(18)17-9-8-12(2)31-17)11-30-20(26)15-10-13-6-4-5-7-14(13)23-15/h4-10,19,23H,3,11H2,1-2H3,(H2,24,25,28)/t19-/m0/s1. The van der Waals surface area contributed by atoms with Gasteiger partial charge in [-0.15, -0.1) is 0 Å². The van der Waals surface area contributed by atoms with Gasteiger partial charge in [-0.05, 0) is 38.1 Å². The molecule has 3 aromatic rings. The number of aryl methyl sites for hydroxylation is 1. The van der Waals surface area contributed by atoms with Gasteiger partial charge in [-0.3, -0.25) is 0 Å². The molecule has 2 amide bonds. The number of carbonyl (C=O) groups excluding carboxylic acids is 3. The third kappa shape index (κ3) is 4.16. The molecule has 31 heavy (non-hydrogen) atoms. The highest BCUT2D eigenvalue weighted by Gasteiger charge is 2.36. The second-order valence-corrected chi connectivity index (χ2v) is 6.94. The summed E-state index contributed by atoms with van der Waals surface area (Å²) in [5.41, 5.74) is 1.30. The number of furan rings is 1. The molecule has 0 fully saturated rings. The first-order valence-electron chi connectivity index (χ1n) is 9.75. The van der Waals surface area contributed by atoms with E-state index in [1.807, 2.05) is 24.3 Å². The molecule has 0 bridgehead atoms. The highest BCUT2D eigenvalue weighted by molar-refractivity contribution is 5.96. The van der Waals surface area contributed by atoms with Crippen LogP contribution in [0, 0.1) is 6.92 Å². The zero-order chi connectivity index (χ0) is 22.0. The Labute approximate surface area is 177 Å². The fourth-order valence-electron chi connectivity index (χ4n) is 3.40. The van der Waals surface area contributed by atoms with Crippen LogP contribution in [-0.4, -0.2) is 36.2 Å². The number of urea groups is 1. The van der Waals surface area contributed by atoms with E-state index in [9.17, 15) is 14.4 Å². The molecule has 0 radical (unpaired) electrons. The molecule has 0 saturated carbocycles. The summed E-state index contributed by atoms with van der Waals surface area (Å²) in [4.78, 5) is 40.4. The number of ether oxygens (including phenoxy) is 2. The van der Waals surface area contributed by atoms with Crippen molar-refractivity contribution in [2.45, 2.75) is 19.9 Å². The van der Waals surface area contributed by atoms with E-state index in [1.165, 1.54) is 0 Å². The van der Waals surface area contributed by atoms with E-state index in [2.05, 4.69) is 15.6 Å². The third-order valence-corrected chi connectivity index (χ3v) is 4.79. The van der Waals surface area contributed by atoms with Crippen molar-refractivity contribution < 1.29 is 28.3 Å². The van der Waals surface area contributed by atoms with Gasteiger partial charge in [0.05, 0.1) is 17.9 Å². The molecule has 3 heterocycles. The second kappa shape index (κ2) is 8.39. The van der Waals surface area contributed by atoms with Gasteiger partial charge in [0, 0.05) is 10.9 Å². The first-order valence-corrected chi connectivity index (χ1v) is 9.75.